The molecule has 1 N–H and O–H groups in total. The minimum Gasteiger partial charge on any atom is -0.339 e. The van der Waals surface area contributed by atoms with Crippen LogP contribution in [0.25, 0.3) is 44.3 Å². The quantitative estimate of drug-likeness (QED) is 0.222. The molecule has 1 aromatic heterocycles. The summed E-state index contributed by atoms with van der Waals surface area (Å²) >= 11 is 0. The van der Waals surface area contributed by atoms with Gasteiger partial charge in [0, 0.05) is 27.5 Å². The van der Waals surface area contributed by atoms with E-state index in [-0.39, 0.29) is 0 Å². The lowest BCUT2D eigenvalue weighted by atomic mass is 9.97. The number of aromatic nitrogens is 1. The molecule has 0 bridgehead atoms. The van der Waals surface area contributed by atoms with Gasteiger partial charge in [0.05, 0.1) is 11.4 Å². The molecule has 0 unspecified atom stereocenters. The molecule has 43 heavy (non-hydrogen) atoms. The highest BCUT2D eigenvalue weighted by atomic mass is 15.0. The van der Waals surface area contributed by atoms with Gasteiger partial charge >= 0.3 is 0 Å². The van der Waals surface area contributed by atoms with E-state index in [4.69, 9.17) is 9.98 Å². The molecular formula is C40H27N3. The van der Waals surface area contributed by atoms with Crippen LogP contribution in [0.3, 0.4) is 0 Å². The van der Waals surface area contributed by atoms with Gasteiger partial charge in [-0.25, -0.2) is 9.98 Å². The predicted octanol–water partition coefficient (Wildman–Crippen LogP) is 10.1. The maximum absolute atomic E-state index is 5.15. The minimum absolute atomic E-state index is 0.718. The number of H-pyrrole nitrogens is 1. The van der Waals surface area contributed by atoms with Gasteiger partial charge in [0.15, 0.2) is 5.84 Å². The lowest BCUT2D eigenvalue weighted by molar-refractivity contribution is 1.33. The van der Waals surface area contributed by atoms with Crippen LogP contribution >= 0.6 is 0 Å². The smallest absolute Gasteiger partial charge is 0.162 e. The summed E-state index contributed by atoms with van der Waals surface area (Å²) in [4.78, 5) is 13.9. The Labute approximate surface area is 250 Å². The zero-order chi connectivity index (χ0) is 28.6. The van der Waals surface area contributed by atoms with Crippen LogP contribution < -0.4 is 0 Å². The van der Waals surface area contributed by atoms with E-state index in [0.29, 0.717) is 0 Å². The van der Waals surface area contributed by atoms with E-state index in [1.165, 1.54) is 22.3 Å². The van der Waals surface area contributed by atoms with Crippen molar-refractivity contribution in [2.75, 3.05) is 0 Å². The van der Waals surface area contributed by atoms with Crippen LogP contribution in [-0.4, -0.2) is 16.5 Å². The first-order valence-corrected chi connectivity index (χ1v) is 14.5. The molecule has 0 saturated carbocycles. The van der Waals surface area contributed by atoms with E-state index in [0.717, 1.165) is 56.1 Å². The summed E-state index contributed by atoms with van der Waals surface area (Å²) in [5, 5.41) is 2.21. The summed E-state index contributed by atoms with van der Waals surface area (Å²) in [5.74, 6) is 1.53. The molecule has 0 spiro atoms. The zero-order valence-corrected chi connectivity index (χ0v) is 23.4. The number of benzene rings is 6. The fourth-order valence-electron chi connectivity index (χ4n) is 5.91. The molecule has 6 aromatic carbocycles. The molecule has 3 heteroatoms. The summed E-state index contributed by atoms with van der Waals surface area (Å²) in [5.41, 5.74) is 11.1. The molecule has 3 nitrogen and oxygen atoms in total. The summed E-state index contributed by atoms with van der Waals surface area (Å²) in [7, 11) is 0. The number of nitrogens with zero attached hydrogens (tertiary/aromatic N) is 2. The standard InChI is InChI=1S/C40H27N3/c1-3-11-27(12-4-1)29-19-23-31(24-20-29)37-33-15-7-9-17-35(33)39(41-37)43-40-36-18-10-8-16-34(36)38(42-40)32-25-21-30(22-26-32)28-13-5-2-6-14-28/h1-26,41H. The third-order valence-electron chi connectivity index (χ3n) is 8.10. The lowest BCUT2D eigenvalue weighted by Crippen LogP contribution is -2.00. The lowest BCUT2D eigenvalue weighted by Gasteiger charge is -2.05. The van der Waals surface area contributed by atoms with Crippen molar-refractivity contribution in [2.45, 2.75) is 0 Å². The van der Waals surface area contributed by atoms with Gasteiger partial charge in [-0.1, -0.05) is 158 Å². The van der Waals surface area contributed by atoms with Crippen LogP contribution in [0.15, 0.2) is 168 Å². The van der Waals surface area contributed by atoms with Gasteiger partial charge in [-0.15, -0.1) is 0 Å². The highest BCUT2D eigenvalue weighted by molar-refractivity contribution is 6.29. The van der Waals surface area contributed by atoms with E-state index >= 15 is 0 Å². The Morgan fingerprint density at radius 2 is 0.860 bits per heavy atom. The first-order chi connectivity index (χ1) is 21.3. The molecule has 0 fully saturated rings. The van der Waals surface area contributed by atoms with Gasteiger partial charge in [-0.05, 0) is 27.8 Å². The highest BCUT2D eigenvalue weighted by Crippen LogP contribution is 2.37. The van der Waals surface area contributed by atoms with Crippen LogP contribution in [0.4, 0.5) is 5.82 Å². The van der Waals surface area contributed by atoms with Crippen molar-refractivity contribution in [1.29, 1.82) is 0 Å². The maximum atomic E-state index is 5.15. The monoisotopic (exact) mass is 549 g/mol. The van der Waals surface area contributed by atoms with Crippen LogP contribution in [0.1, 0.15) is 16.7 Å². The van der Waals surface area contributed by atoms with Crippen molar-refractivity contribution in [3.63, 3.8) is 0 Å². The number of fused-ring (bicyclic) bond motifs is 2. The molecular weight excluding hydrogens is 522 g/mol. The van der Waals surface area contributed by atoms with Crippen molar-refractivity contribution in [3.05, 3.63) is 174 Å². The molecule has 7 aromatic rings. The Morgan fingerprint density at radius 3 is 1.49 bits per heavy atom. The van der Waals surface area contributed by atoms with E-state index in [1.807, 2.05) is 12.1 Å². The molecule has 0 radical (unpaired) electrons. The Morgan fingerprint density at radius 1 is 0.395 bits per heavy atom. The molecule has 0 saturated heterocycles. The second kappa shape index (κ2) is 10.6. The molecule has 8 rings (SSSR count). The SMILES string of the molecule is c1ccc(-c2ccc(C3=NC(=Nc4[nH]c(-c5ccc(-c6ccccc6)cc5)c5ccccc45)c4ccccc43)cc2)cc1. The Kier molecular flexibility index (Phi) is 6.12. The van der Waals surface area contributed by atoms with Gasteiger partial charge in [0.2, 0.25) is 0 Å². The summed E-state index contributed by atoms with van der Waals surface area (Å²) in [6, 6.07) is 55.0. The Hall–Kier alpha value is -5.80. The highest BCUT2D eigenvalue weighted by Gasteiger charge is 2.23. The number of amidine groups is 1. The average molecular weight is 550 g/mol. The number of aliphatic imine (C=N–C) groups is 2. The number of rotatable bonds is 5. The molecule has 0 atom stereocenters. The third-order valence-corrected chi connectivity index (χ3v) is 8.10. The van der Waals surface area contributed by atoms with Gasteiger partial charge in [-0.2, -0.15) is 0 Å². The van der Waals surface area contributed by atoms with Crippen molar-refractivity contribution in [2.24, 2.45) is 9.98 Å². The third kappa shape index (κ3) is 4.58. The van der Waals surface area contributed by atoms with Crippen LogP contribution in [0.2, 0.25) is 0 Å². The first-order valence-electron chi connectivity index (χ1n) is 14.5. The molecule has 1 aliphatic heterocycles. The number of hydrogen-bond donors (Lipinski definition) is 1. The summed E-state index contributed by atoms with van der Waals surface area (Å²) in [6.07, 6.45) is 0. The van der Waals surface area contributed by atoms with E-state index in [1.54, 1.807) is 0 Å². The fourth-order valence-corrected chi connectivity index (χ4v) is 5.91. The van der Waals surface area contributed by atoms with Gasteiger partial charge in [0.25, 0.3) is 0 Å². The molecule has 202 valence electrons. The zero-order valence-electron chi connectivity index (χ0n) is 23.4. The van der Waals surface area contributed by atoms with Crippen molar-refractivity contribution in [3.8, 4) is 33.5 Å². The van der Waals surface area contributed by atoms with Gasteiger partial charge in [-0.3, -0.25) is 0 Å². The van der Waals surface area contributed by atoms with Crippen molar-refractivity contribution < 1.29 is 0 Å². The van der Waals surface area contributed by atoms with Crippen molar-refractivity contribution in [1.82, 2.24) is 4.98 Å². The predicted molar refractivity (Wildman–Crippen MR) is 179 cm³/mol. The Balaban J connectivity index is 1.19. The van der Waals surface area contributed by atoms with Crippen LogP contribution in [-0.2, 0) is 0 Å². The van der Waals surface area contributed by atoms with Crippen LogP contribution in [0, 0.1) is 0 Å². The van der Waals surface area contributed by atoms with Gasteiger partial charge < -0.3 is 4.98 Å². The fraction of sp³-hybridized carbons (Fsp3) is 0. The summed E-state index contributed by atoms with van der Waals surface area (Å²) < 4.78 is 0. The number of nitrogens with one attached hydrogen (secondary N) is 1. The maximum Gasteiger partial charge on any atom is 0.162 e. The average Bonchev–Trinajstić information content (AvgIpc) is 3.64. The number of aromatic amines is 1. The Bertz CT molecular complexity index is 2130. The number of hydrogen-bond acceptors (Lipinski definition) is 1. The van der Waals surface area contributed by atoms with E-state index < -0.39 is 0 Å². The van der Waals surface area contributed by atoms with E-state index in [2.05, 4.69) is 151 Å². The van der Waals surface area contributed by atoms with Crippen LogP contribution in [0.5, 0.6) is 0 Å². The molecule has 0 amide bonds. The largest absolute Gasteiger partial charge is 0.339 e. The minimum atomic E-state index is 0.718. The molecule has 2 heterocycles. The second-order valence-electron chi connectivity index (χ2n) is 10.7. The summed E-state index contributed by atoms with van der Waals surface area (Å²) in [6.45, 7) is 0. The normalized spacial score (nSPS) is 13.3. The molecule has 0 aliphatic carbocycles. The van der Waals surface area contributed by atoms with Gasteiger partial charge in [0.1, 0.15) is 5.82 Å². The van der Waals surface area contributed by atoms with Crippen molar-refractivity contribution >= 4 is 28.1 Å². The second-order valence-corrected chi connectivity index (χ2v) is 10.7. The van der Waals surface area contributed by atoms with E-state index in [9.17, 15) is 0 Å². The molecule has 1 aliphatic rings. The first kappa shape index (κ1) is 25.0. The topological polar surface area (TPSA) is 40.5 Å².